The SMILES string of the molecule is OCCOc1c(-c2ccccc2)cc(C(c2ccccc2)(c2ccccc2)c2cc(-c3ccccc3)c(OCCO)c(-c3ccccc3)c2)cc1-c1ccccc1. The molecule has 0 spiro atoms. The Balaban J connectivity index is 1.57. The Bertz CT molecular complexity index is 2200. The molecule has 0 aromatic heterocycles. The number of hydrogen-bond donors (Lipinski definition) is 2. The molecule has 0 aliphatic heterocycles. The zero-order valence-corrected chi connectivity index (χ0v) is 31.7. The van der Waals surface area contributed by atoms with E-state index < -0.39 is 5.41 Å². The van der Waals surface area contributed by atoms with Crippen molar-refractivity contribution in [1.82, 2.24) is 0 Å². The van der Waals surface area contributed by atoms with E-state index in [2.05, 4.69) is 133 Å². The summed E-state index contributed by atoms with van der Waals surface area (Å²) in [5.41, 5.74) is 11.1. The van der Waals surface area contributed by atoms with E-state index in [0.717, 1.165) is 66.8 Å². The zero-order chi connectivity index (χ0) is 38.9. The Morgan fingerprint density at radius 3 is 0.807 bits per heavy atom. The number of hydrogen-bond acceptors (Lipinski definition) is 4. The van der Waals surface area contributed by atoms with Crippen LogP contribution in [0, 0.1) is 0 Å². The van der Waals surface area contributed by atoms with E-state index in [9.17, 15) is 10.2 Å². The fourth-order valence-electron chi connectivity index (χ4n) is 8.00. The number of rotatable bonds is 14. The highest BCUT2D eigenvalue weighted by Crippen LogP contribution is 2.53. The van der Waals surface area contributed by atoms with Gasteiger partial charge in [-0.15, -0.1) is 0 Å². The van der Waals surface area contributed by atoms with Crippen LogP contribution >= 0.6 is 0 Å². The third kappa shape index (κ3) is 7.49. The largest absolute Gasteiger partial charge is 0.490 e. The third-order valence-corrected chi connectivity index (χ3v) is 10.5. The Hall–Kier alpha value is -6.72. The summed E-state index contributed by atoms with van der Waals surface area (Å²) in [7, 11) is 0. The molecule has 0 heterocycles. The van der Waals surface area contributed by atoms with Crippen molar-refractivity contribution in [2.24, 2.45) is 0 Å². The highest BCUT2D eigenvalue weighted by atomic mass is 16.5. The fraction of sp³-hybridized carbons (Fsp3) is 0.0943. The Morgan fingerprint density at radius 1 is 0.316 bits per heavy atom. The predicted molar refractivity (Wildman–Crippen MR) is 232 cm³/mol. The standard InChI is InChI=1S/C53H44O4/c54-31-33-56-51-47(39-19-7-1-8-20-39)35-45(36-48(51)40-21-9-2-10-22-40)53(43-27-15-5-16-28-43,44-29-17-6-18-30-44)46-37-49(41-23-11-3-12-24-41)52(57-34-32-55)50(38-46)42-25-13-4-14-26-42/h1-30,35-38,54-55H,31-34H2. The summed E-state index contributed by atoms with van der Waals surface area (Å²) in [4.78, 5) is 0. The lowest BCUT2D eigenvalue weighted by Crippen LogP contribution is -2.31. The van der Waals surface area contributed by atoms with Gasteiger partial charge in [0.1, 0.15) is 24.7 Å². The average molecular weight is 745 g/mol. The van der Waals surface area contributed by atoms with Crippen molar-refractivity contribution in [3.8, 4) is 56.0 Å². The highest BCUT2D eigenvalue weighted by molar-refractivity contribution is 5.88. The molecule has 0 saturated carbocycles. The molecule has 57 heavy (non-hydrogen) atoms. The van der Waals surface area contributed by atoms with Crippen LogP contribution in [0.4, 0.5) is 0 Å². The van der Waals surface area contributed by atoms with Crippen LogP contribution in [0.2, 0.25) is 0 Å². The second kappa shape index (κ2) is 17.4. The molecule has 8 rings (SSSR count). The summed E-state index contributed by atoms with van der Waals surface area (Å²) in [6.45, 7) is 0.0736. The lowest BCUT2D eigenvalue weighted by Gasteiger charge is -2.38. The Morgan fingerprint density at radius 2 is 0.561 bits per heavy atom. The minimum atomic E-state index is -0.881. The molecular formula is C53H44O4. The van der Waals surface area contributed by atoms with Crippen LogP contribution in [0.3, 0.4) is 0 Å². The quantitative estimate of drug-likeness (QED) is 0.109. The maximum Gasteiger partial charge on any atom is 0.135 e. The van der Waals surface area contributed by atoms with E-state index in [4.69, 9.17) is 9.47 Å². The van der Waals surface area contributed by atoms with Gasteiger partial charge in [0.15, 0.2) is 0 Å². The highest BCUT2D eigenvalue weighted by Gasteiger charge is 2.41. The molecule has 0 unspecified atom stereocenters. The minimum absolute atomic E-state index is 0.114. The molecule has 0 fully saturated rings. The minimum Gasteiger partial charge on any atom is -0.490 e. The van der Waals surface area contributed by atoms with Crippen LogP contribution in [0.5, 0.6) is 11.5 Å². The smallest absolute Gasteiger partial charge is 0.135 e. The molecule has 8 aromatic rings. The molecule has 2 N–H and O–H groups in total. The zero-order valence-electron chi connectivity index (χ0n) is 31.7. The van der Waals surface area contributed by atoms with E-state index in [1.807, 2.05) is 72.8 Å². The molecule has 280 valence electrons. The predicted octanol–water partition coefficient (Wildman–Crippen LogP) is 11.5. The molecular weight excluding hydrogens is 701 g/mol. The molecule has 0 radical (unpaired) electrons. The van der Waals surface area contributed by atoms with Gasteiger partial charge >= 0.3 is 0 Å². The van der Waals surface area contributed by atoms with Crippen molar-refractivity contribution >= 4 is 0 Å². The summed E-state index contributed by atoms with van der Waals surface area (Å²) >= 11 is 0. The maximum atomic E-state index is 10.0. The van der Waals surface area contributed by atoms with Gasteiger partial charge in [-0.2, -0.15) is 0 Å². The van der Waals surface area contributed by atoms with E-state index >= 15 is 0 Å². The van der Waals surface area contributed by atoms with Gasteiger partial charge in [0.2, 0.25) is 0 Å². The van der Waals surface area contributed by atoms with Crippen molar-refractivity contribution in [2.75, 3.05) is 26.4 Å². The van der Waals surface area contributed by atoms with Gasteiger partial charge in [0.05, 0.1) is 18.6 Å². The molecule has 8 aromatic carbocycles. The first-order chi connectivity index (χ1) is 28.2. The van der Waals surface area contributed by atoms with Crippen LogP contribution in [0.15, 0.2) is 206 Å². The number of aliphatic hydroxyl groups is 2. The van der Waals surface area contributed by atoms with Crippen LogP contribution < -0.4 is 9.47 Å². The number of benzene rings is 8. The summed E-state index contributed by atoms with van der Waals surface area (Å²) in [5, 5.41) is 20.1. The molecule has 0 aliphatic rings. The van der Waals surface area contributed by atoms with Crippen LogP contribution in [-0.4, -0.2) is 36.6 Å². The van der Waals surface area contributed by atoms with Gasteiger partial charge in [0.25, 0.3) is 0 Å². The first kappa shape index (κ1) is 37.2. The topological polar surface area (TPSA) is 58.9 Å². The third-order valence-electron chi connectivity index (χ3n) is 10.5. The number of aliphatic hydroxyl groups excluding tert-OH is 2. The molecule has 0 aliphatic carbocycles. The average Bonchev–Trinajstić information content (AvgIpc) is 3.29. The summed E-state index contributed by atoms with van der Waals surface area (Å²) < 4.78 is 13.1. The molecule has 4 heteroatoms. The monoisotopic (exact) mass is 744 g/mol. The van der Waals surface area contributed by atoms with Gasteiger partial charge in [0, 0.05) is 22.3 Å². The van der Waals surface area contributed by atoms with Gasteiger partial charge in [-0.3, -0.25) is 0 Å². The van der Waals surface area contributed by atoms with Crippen LogP contribution in [-0.2, 0) is 5.41 Å². The summed E-state index contributed by atoms with van der Waals surface area (Å²) in [6, 6.07) is 71.9. The number of ether oxygens (including phenoxy) is 2. The first-order valence-corrected chi connectivity index (χ1v) is 19.4. The second-order valence-corrected chi connectivity index (χ2v) is 13.9. The Kier molecular flexibility index (Phi) is 11.4. The van der Waals surface area contributed by atoms with Gasteiger partial charge < -0.3 is 19.7 Å². The van der Waals surface area contributed by atoms with E-state index in [-0.39, 0.29) is 26.4 Å². The van der Waals surface area contributed by atoms with Crippen LogP contribution in [0.25, 0.3) is 44.5 Å². The normalized spacial score (nSPS) is 11.3. The van der Waals surface area contributed by atoms with E-state index in [1.165, 1.54) is 0 Å². The fourth-order valence-corrected chi connectivity index (χ4v) is 8.00. The molecule has 0 amide bonds. The first-order valence-electron chi connectivity index (χ1n) is 19.4. The molecule has 0 bridgehead atoms. The summed E-state index contributed by atoms with van der Waals surface area (Å²) in [6.07, 6.45) is 0. The summed E-state index contributed by atoms with van der Waals surface area (Å²) in [5.74, 6) is 1.42. The van der Waals surface area contributed by atoms with Crippen molar-refractivity contribution < 1.29 is 19.7 Å². The van der Waals surface area contributed by atoms with Crippen molar-refractivity contribution in [2.45, 2.75) is 5.41 Å². The molecule has 0 atom stereocenters. The van der Waals surface area contributed by atoms with Gasteiger partial charge in [-0.25, -0.2) is 0 Å². The van der Waals surface area contributed by atoms with E-state index in [1.54, 1.807) is 0 Å². The maximum absolute atomic E-state index is 10.0. The molecule has 0 saturated heterocycles. The Labute approximate surface area is 334 Å². The van der Waals surface area contributed by atoms with E-state index in [0.29, 0.717) is 11.5 Å². The second-order valence-electron chi connectivity index (χ2n) is 13.9. The van der Waals surface area contributed by atoms with Crippen molar-refractivity contribution in [3.63, 3.8) is 0 Å². The lowest BCUT2D eigenvalue weighted by molar-refractivity contribution is 0.202. The van der Waals surface area contributed by atoms with Crippen molar-refractivity contribution in [1.29, 1.82) is 0 Å². The van der Waals surface area contributed by atoms with Gasteiger partial charge in [-0.1, -0.05) is 182 Å². The van der Waals surface area contributed by atoms with Crippen LogP contribution in [0.1, 0.15) is 22.3 Å². The van der Waals surface area contributed by atoms with Gasteiger partial charge in [-0.05, 0) is 68.8 Å². The lowest BCUT2D eigenvalue weighted by atomic mass is 9.63. The molecule has 4 nitrogen and oxygen atoms in total. The van der Waals surface area contributed by atoms with Crippen molar-refractivity contribution in [3.05, 3.63) is 229 Å².